The van der Waals surface area contributed by atoms with Crippen LogP contribution < -0.4 is 10.1 Å². The van der Waals surface area contributed by atoms with Crippen LogP contribution in [0, 0.1) is 0 Å². The molecule has 0 radical (unpaired) electrons. The predicted octanol–water partition coefficient (Wildman–Crippen LogP) is 4.42. The summed E-state index contributed by atoms with van der Waals surface area (Å²) < 4.78 is 45.5. The van der Waals surface area contributed by atoms with Gasteiger partial charge in [0, 0.05) is 11.3 Å². The van der Waals surface area contributed by atoms with Gasteiger partial charge in [-0.2, -0.15) is 0 Å². The summed E-state index contributed by atoms with van der Waals surface area (Å²) >= 11 is 0. The van der Waals surface area contributed by atoms with Gasteiger partial charge in [-0.3, -0.25) is 4.79 Å². The summed E-state index contributed by atoms with van der Waals surface area (Å²) in [5, 5.41) is 2.57. The van der Waals surface area contributed by atoms with Gasteiger partial charge in [-0.25, -0.2) is 4.98 Å². The van der Waals surface area contributed by atoms with Crippen LogP contribution in [0.1, 0.15) is 5.69 Å². The average Bonchev–Trinajstić information content (AvgIpc) is 3.04. The van der Waals surface area contributed by atoms with Crippen LogP contribution in [0.2, 0.25) is 0 Å². The molecular formula is C18H13F3N2O3. The first kappa shape index (κ1) is 17.5. The molecule has 1 amide bonds. The molecule has 1 heterocycles. The first-order valence-corrected chi connectivity index (χ1v) is 7.54. The molecule has 0 fully saturated rings. The zero-order valence-electron chi connectivity index (χ0n) is 13.3. The molecule has 0 saturated carbocycles. The van der Waals surface area contributed by atoms with Gasteiger partial charge in [-0.05, 0) is 36.4 Å². The fourth-order valence-corrected chi connectivity index (χ4v) is 2.21. The number of oxazole rings is 1. The van der Waals surface area contributed by atoms with Crippen LogP contribution in [0.4, 0.5) is 18.9 Å². The van der Waals surface area contributed by atoms with E-state index in [2.05, 4.69) is 15.0 Å². The van der Waals surface area contributed by atoms with Crippen molar-refractivity contribution in [2.75, 3.05) is 5.32 Å². The minimum Gasteiger partial charge on any atom is -0.444 e. The summed E-state index contributed by atoms with van der Waals surface area (Å²) in [4.78, 5) is 16.3. The maximum absolute atomic E-state index is 12.1. The van der Waals surface area contributed by atoms with E-state index in [-0.39, 0.29) is 18.1 Å². The Balaban J connectivity index is 1.58. The molecule has 0 aliphatic carbocycles. The monoisotopic (exact) mass is 362 g/mol. The van der Waals surface area contributed by atoms with Crippen molar-refractivity contribution in [1.82, 2.24) is 4.98 Å². The standard InChI is InChI=1S/C18H13F3N2O3/c19-18(20,21)26-15-8-6-13(7-9-15)22-16(24)10-14-11-25-17(23-14)12-4-2-1-3-5-12/h1-9,11H,10H2,(H,22,24). The maximum atomic E-state index is 12.1. The quantitative estimate of drug-likeness (QED) is 0.730. The Hall–Kier alpha value is -3.29. The molecule has 3 aromatic rings. The Bertz CT molecular complexity index is 875. The minimum atomic E-state index is -4.76. The molecular weight excluding hydrogens is 349 g/mol. The Morgan fingerprint density at radius 2 is 1.77 bits per heavy atom. The topological polar surface area (TPSA) is 64.4 Å². The van der Waals surface area contributed by atoms with Crippen LogP contribution in [0.25, 0.3) is 11.5 Å². The Morgan fingerprint density at radius 1 is 1.08 bits per heavy atom. The SMILES string of the molecule is O=C(Cc1coc(-c2ccccc2)n1)Nc1ccc(OC(F)(F)F)cc1. The van der Waals surface area contributed by atoms with Gasteiger partial charge in [0.1, 0.15) is 12.0 Å². The highest BCUT2D eigenvalue weighted by Gasteiger charge is 2.30. The first-order valence-electron chi connectivity index (χ1n) is 7.54. The number of hydrogen-bond donors (Lipinski definition) is 1. The van der Waals surface area contributed by atoms with Crippen molar-refractivity contribution < 1.29 is 27.1 Å². The molecule has 1 aromatic heterocycles. The van der Waals surface area contributed by atoms with Gasteiger partial charge in [0.15, 0.2) is 0 Å². The lowest BCUT2D eigenvalue weighted by Crippen LogP contribution is -2.17. The Morgan fingerprint density at radius 3 is 2.42 bits per heavy atom. The lowest BCUT2D eigenvalue weighted by molar-refractivity contribution is -0.274. The molecule has 134 valence electrons. The fraction of sp³-hybridized carbons (Fsp3) is 0.111. The summed E-state index contributed by atoms with van der Waals surface area (Å²) in [5.74, 6) is -0.330. The highest BCUT2D eigenvalue weighted by molar-refractivity contribution is 5.92. The second-order valence-corrected chi connectivity index (χ2v) is 5.31. The number of alkyl halides is 3. The zero-order valence-corrected chi connectivity index (χ0v) is 13.3. The third-order valence-corrected chi connectivity index (χ3v) is 3.29. The smallest absolute Gasteiger partial charge is 0.444 e. The minimum absolute atomic E-state index is 0.0306. The second kappa shape index (κ2) is 7.30. The number of anilines is 1. The molecule has 26 heavy (non-hydrogen) atoms. The van der Waals surface area contributed by atoms with Crippen molar-refractivity contribution in [3.8, 4) is 17.2 Å². The summed E-state index contributed by atoms with van der Waals surface area (Å²) in [7, 11) is 0. The molecule has 0 saturated heterocycles. The normalized spacial score (nSPS) is 11.2. The van der Waals surface area contributed by atoms with Gasteiger partial charge >= 0.3 is 6.36 Å². The zero-order chi connectivity index (χ0) is 18.6. The molecule has 3 rings (SSSR count). The molecule has 2 aromatic carbocycles. The molecule has 1 N–H and O–H groups in total. The number of nitrogens with zero attached hydrogens (tertiary/aromatic N) is 1. The van der Waals surface area contributed by atoms with Gasteiger partial charge in [0.2, 0.25) is 11.8 Å². The van der Waals surface area contributed by atoms with Crippen molar-refractivity contribution in [2.45, 2.75) is 12.8 Å². The fourth-order valence-electron chi connectivity index (χ4n) is 2.21. The summed E-state index contributed by atoms with van der Waals surface area (Å²) in [6.07, 6.45) is -3.40. The number of rotatable bonds is 5. The van der Waals surface area contributed by atoms with Crippen molar-refractivity contribution in [3.63, 3.8) is 0 Å². The van der Waals surface area contributed by atoms with E-state index < -0.39 is 6.36 Å². The molecule has 5 nitrogen and oxygen atoms in total. The molecule has 0 spiro atoms. The van der Waals surface area contributed by atoms with Crippen LogP contribution in [0.3, 0.4) is 0 Å². The lowest BCUT2D eigenvalue weighted by atomic mass is 10.2. The van der Waals surface area contributed by atoms with E-state index in [9.17, 15) is 18.0 Å². The highest BCUT2D eigenvalue weighted by atomic mass is 19.4. The van der Waals surface area contributed by atoms with Gasteiger partial charge < -0.3 is 14.5 Å². The molecule has 0 aliphatic heterocycles. The number of halogens is 3. The number of carbonyl (C=O) groups excluding carboxylic acids is 1. The van der Waals surface area contributed by atoms with Crippen molar-refractivity contribution in [1.29, 1.82) is 0 Å². The molecule has 0 unspecified atom stereocenters. The molecule has 0 atom stereocenters. The predicted molar refractivity (Wildman–Crippen MR) is 87.4 cm³/mol. The lowest BCUT2D eigenvalue weighted by Gasteiger charge is -2.09. The van der Waals surface area contributed by atoms with Gasteiger partial charge in [-0.1, -0.05) is 18.2 Å². The number of benzene rings is 2. The van der Waals surface area contributed by atoms with E-state index in [0.29, 0.717) is 17.3 Å². The van der Waals surface area contributed by atoms with E-state index in [0.717, 1.165) is 17.7 Å². The number of hydrogen-bond acceptors (Lipinski definition) is 4. The number of amides is 1. The largest absolute Gasteiger partial charge is 0.573 e. The number of nitrogens with one attached hydrogen (secondary N) is 1. The first-order chi connectivity index (χ1) is 12.4. The molecule has 0 bridgehead atoms. The molecule has 8 heteroatoms. The van der Waals surface area contributed by atoms with Crippen LogP contribution >= 0.6 is 0 Å². The number of carbonyl (C=O) groups is 1. The van der Waals surface area contributed by atoms with Crippen molar-refractivity contribution >= 4 is 11.6 Å². The van der Waals surface area contributed by atoms with E-state index in [4.69, 9.17) is 4.42 Å². The average molecular weight is 362 g/mol. The van der Waals surface area contributed by atoms with Gasteiger partial charge in [0.05, 0.1) is 12.1 Å². The van der Waals surface area contributed by atoms with Crippen molar-refractivity contribution in [3.05, 3.63) is 66.6 Å². The third kappa shape index (κ3) is 4.85. The van der Waals surface area contributed by atoms with Crippen LogP contribution in [0.5, 0.6) is 5.75 Å². The van der Waals surface area contributed by atoms with E-state index >= 15 is 0 Å². The second-order valence-electron chi connectivity index (χ2n) is 5.31. The molecule has 0 aliphatic rings. The third-order valence-electron chi connectivity index (χ3n) is 3.29. The highest BCUT2D eigenvalue weighted by Crippen LogP contribution is 2.24. The van der Waals surface area contributed by atoms with Gasteiger partial charge in [-0.15, -0.1) is 13.2 Å². The summed E-state index contributed by atoms with van der Waals surface area (Å²) in [6, 6.07) is 14.1. The summed E-state index contributed by atoms with van der Waals surface area (Å²) in [6.45, 7) is 0. The van der Waals surface area contributed by atoms with Crippen LogP contribution in [-0.2, 0) is 11.2 Å². The Labute approximate surface area is 146 Å². The maximum Gasteiger partial charge on any atom is 0.573 e. The van der Waals surface area contributed by atoms with E-state index in [1.54, 1.807) is 0 Å². The van der Waals surface area contributed by atoms with Crippen molar-refractivity contribution in [2.24, 2.45) is 0 Å². The van der Waals surface area contributed by atoms with E-state index in [1.807, 2.05) is 30.3 Å². The van der Waals surface area contributed by atoms with Gasteiger partial charge in [0.25, 0.3) is 0 Å². The number of ether oxygens (including phenoxy) is 1. The van der Waals surface area contributed by atoms with Crippen LogP contribution in [0.15, 0.2) is 65.3 Å². The number of aromatic nitrogens is 1. The van der Waals surface area contributed by atoms with Crippen LogP contribution in [-0.4, -0.2) is 17.3 Å². The Kier molecular flexibility index (Phi) is 4.92. The summed E-state index contributed by atoms with van der Waals surface area (Å²) in [5.41, 5.74) is 1.58. The van der Waals surface area contributed by atoms with E-state index in [1.165, 1.54) is 18.4 Å².